The van der Waals surface area contributed by atoms with Crippen LogP contribution in [0, 0.1) is 0 Å². The van der Waals surface area contributed by atoms with Gasteiger partial charge in [-0.15, -0.1) is 0 Å². The van der Waals surface area contributed by atoms with Gasteiger partial charge in [0.1, 0.15) is 0 Å². The number of nitrogens with zero attached hydrogens (tertiary/aromatic N) is 2. The third kappa shape index (κ3) is 4.21. The maximum Gasteiger partial charge on any atom is 0.0640 e. The van der Waals surface area contributed by atoms with Crippen LogP contribution in [0.2, 0.25) is 0 Å². The highest BCUT2D eigenvalue weighted by atomic mass is 15.3. The molecule has 0 bridgehead atoms. The molecule has 1 aromatic heterocycles. The van der Waals surface area contributed by atoms with E-state index in [4.69, 9.17) is 0 Å². The summed E-state index contributed by atoms with van der Waals surface area (Å²) in [4.78, 5) is 0. The first-order valence-corrected chi connectivity index (χ1v) is 6.96. The highest BCUT2D eigenvalue weighted by Gasteiger charge is 2.07. The molecule has 1 unspecified atom stereocenters. The van der Waals surface area contributed by atoms with Gasteiger partial charge in [-0.2, -0.15) is 5.10 Å². The lowest BCUT2D eigenvalue weighted by Gasteiger charge is -2.12. The third-order valence-electron chi connectivity index (χ3n) is 3.21. The van der Waals surface area contributed by atoms with Crippen molar-refractivity contribution in [2.45, 2.75) is 45.8 Å². The quantitative estimate of drug-likeness (QED) is 0.861. The Balaban J connectivity index is 1.82. The molecule has 1 atom stereocenters. The number of rotatable bonds is 6. The van der Waals surface area contributed by atoms with Gasteiger partial charge in [0.15, 0.2) is 0 Å². The summed E-state index contributed by atoms with van der Waals surface area (Å²) in [5, 5.41) is 8.12. The van der Waals surface area contributed by atoms with E-state index in [9.17, 15) is 0 Å². The third-order valence-corrected chi connectivity index (χ3v) is 3.21. The van der Waals surface area contributed by atoms with Crippen molar-refractivity contribution >= 4 is 0 Å². The van der Waals surface area contributed by atoms with E-state index in [0.29, 0.717) is 12.1 Å². The molecular formula is C16H23N3. The van der Waals surface area contributed by atoms with Crippen molar-refractivity contribution in [2.75, 3.05) is 0 Å². The molecule has 1 heterocycles. The topological polar surface area (TPSA) is 29.9 Å². The van der Waals surface area contributed by atoms with Crippen molar-refractivity contribution in [3.8, 4) is 0 Å². The van der Waals surface area contributed by atoms with Crippen LogP contribution in [-0.2, 0) is 13.0 Å². The van der Waals surface area contributed by atoms with Gasteiger partial charge in [-0.25, -0.2) is 0 Å². The van der Waals surface area contributed by atoms with Crippen LogP contribution in [0.1, 0.15) is 38.1 Å². The molecule has 102 valence electrons. The largest absolute Gasteiger partial charge is 0.310 e. The minimum atomic E-state index is 0.427. The summed E-state index contributed by atoms with van der Waals surface area (Å²) in [5.74, 6) is 0. The summed E-state index contributed by atoms with van der Waals surface area (Å²) >= 11 is 0. The molecule has 1 aromatic carbocycles. The SMILES string of the molecule is CC(Cc1ccn(C(C)C)n1)NCc1ccccc1. The first-order chi connectivity index (χ1) is 9.15. The highest BCUT2D eigenvalue weighted by Crippen LogP contribution is 2.07. The molecule has 0 saturated heterocycles. The summed E-state index contributed by atoms with van der Waals surface area (Å²) in [5.41, 5.74) is 2.48. The van der Waals surface area contributed by atoms with Gasteiger partial charge in [-0.05, 0) is 32.4 Å². The van der Waals surface area contributed by atoms with Crippen LogP contribution >= 0.6 is 0 Å². The predicted octanol–water partition coefficient (Wildman–Crippen LogP) is 3.18. The van der Waals surface area contributed by atoms with Gasteiger partial charge in [-0.3, -0.25) is 4.68 Å². The first kappa shape index (κ1) is 13.8. The average Bonchev–Trinajstić information content (AvgIpc) is 2.86. The Morgan fingerprint density at radius 2 is 1.84 bits per heavy atom. The van der Waals surface area contributed by atoms with E-state index < -0.39 is 0 Å². The average molecular weight is 257 g/mol. The standard InChI is InChI=1S/C16H23N3/c1-13(2)19-10-9-16(18-19)11-14(3)17-12-15-7-5-4-6-8-15/h4-10,13-14,17H,11-12H2,1-3H3. The van der Waals surface area contributed by atoms with Gasteiger partial charge < -0.3 is 5.32 Å². The van der Waals surface area contributed by atoms with Crippen molar-refractivity contribution in [3.05, 3.63) is 53.9 Å². The Morgan fingerprint density at radius 1 is 1.11 bits per heavy atom. The highest BCUT2D eigenvalue weighted by molar-refractivity contribution is 5.14. The summed E-state index contributed by atoms with van der Waals surface area (Å²) in [6.07, 6.45) is 3.02. The van der Waals surface area contributed by atoms with Crippen molar-refractivity contribution in [2.24, 2.45) is 0 Å². The summed E-state index contributed by atoms with van der Waals surface area (Å²) in [6, 6.07) is 13.5. The zero-order valence-electron chi connectivity index (χ0n) is 12.0. The molecule has 0 spiro atoms. The molecule has 19 heavy (non-hydrogen) atoms. The Kier molecular flexibility index (Phi) is 4.74. The van der Waals surface area contributed by atoms with Crippen molar-refractivity contribution in [3.63, 3.8) is 0 Å². The molecule has 0 saturated carbocycles. The fourth-order valence-electron chi connectivity index (χ4n) is 2.05. The number of nitrogens with one attached hydrogen (secondary N) is 1. The lowest BCUT2D eigenvalue weighted by atomic mass is 10.1. The molecule has 1 N–H and O–H groups in total. The van der Waals surface area contributed by atoms with E-state index in [1.807, 2.05) is 10.7 Å². The lowest BCUT2D eigenvalue weighted by molar-refractivity contribution is 0.506. The van der Waals surface area contributed by atoms with Crippen molar-refractivity contribution in [1.29, 1.82) is 0 Å². The van der Waals surface area contributed by atoms with Crippen molar-refractivity contribution < 1.29 is 0 Å². The van der Waals surface area contributed by atoms with Crippen LogP contribution in [0.15, 0.2) is 42.6 Å². The molecule has 3 nitrogen and oxygen atoms in total. The molecule has 0 aliphatic carbocycles. The maximum absolute atomic E-state index is 4.58. The van der Waals surface area contributed by atoms with E-state index >= 15 is 0 Å². The molecule has 0 aliphatic heterocycles. The minimum Gasteiger partial charge on any atom is -0.310 e. The minimum absolute atomic E-state index is 0.427. The molecule has 0 aliphatic rings. The van der Waals surface area contributed by atoms with E-state index in [1.54, 1.807) is 0 Å². The van der Waals surface area contributed by atoms with Gasteiger partial charge in [0, 0.05) is 31.2 Å². The Morgan fingerprint density at radius 3 is 2.47 bits per heavy atom. The van der Waals surface area contributed by atoms with E-state index in [0.717, 1.165) is 18.7 Å². The number of benzene rings is 1. The van der Waals surface area contributed by atoms with Crippen LogP contribution in [0.3, 0.4) is 0 Å². The fourth-order valence-corrected chi connectivity index (χ4v) is 2.05. The first-order valence-electron chi connectivity index (χ1n) is 6.96. The molecule has 0 radical (unpaired) electrons. The van der Waals surface area contributed by atoms with E-state index in [-0.39, 0.29) is 0 Å². The van der Waals surface area contributed by atoms with Gasteiger partial charge >= 0.3 is 0 Å². The summed E-state index contributed by atoms with van der Waals surface area (Å²) < 4.78 is 2.01. The zero-order valence-corrected chi connectivity index (χ0v) is 12.0. The normalized spacial score (nSPS) is 12.8. The smallest absolute Gasteiger partial charge is 0.0640 e. The van der Waals surface area contributed by atoms with Crippen LogP contribution in [-0.4, -0.2) is 15.8 Å². The van der Waals surface area contributed by atoms with Crippen molar-refractivity contribution in [1.82, 2.24) is 15.1 Å². The second kappa shape index (κ2) is 6.53. The Labute approximate surface area is 115 Å². The molecule has 0 amide bonds. The number of hydrogen-bond donors (Lipinski definition) is 1. The lowest BCUT2D eigenvalue weighted by Crippen LogP contribution is -2.27. The van der Waals surface area contributed by atoms with Gasteiger partial charge in [0.2, 0.25) is 0 Å². The van der Waals surface area contributed by atoms with Crippen LogP contribution in [0.25, 0.3) is 0 Å². The predicted molar refractivity (Wildman–Crippen MR) is 79.1 cm³/mol. The monoisotopic (exact) mass is 257 g/mol. The number of aromatic nitrogens is 2. The molecule has 2 rings (SSSR count). The second-order valence-electron chi connectivity index (χ2n) is 5.35. The molecule has 2 aromatic rings. The van der Waals surface area contributed by atoms with E-state index in [2.05, 4.69) is 67.7 Å². The van der Waals surface area contributed by atoms with Gasteiger partial charge in [0.05, 0.1) is 5.69 Å². The zero-order chi connectivity index (χ0) is 13.7. The Hall–Kier alpha value is -1.61. The molecule has 0 fully saturated rings. The van der Waals surface area contributed by atoms with Gasteiger partial charge in [0.25, 0.3) is 0 Å². The molecular weight excluding hydrogens is 234 g/mol. The van der Waals surface area contributed by atoms with Crippen LogP contribution in [0.4, 0.5) is 0 Å². The summed E-state index contributed by atoms with van der Waals surface area (Å²) in [7, 11) is 0. The van der Waals surface area contributed by atoms with Gasteiger partial charge in [-0.1, -0.05) is 30.3 Å². The number of hydrogen-bond acceptors (Lipinski definition) is 2. The summed E-state index contributed by atoms with van der Waals surface area (Å²) in [6.45, 7) is 7.41. The molecule has 3 heteroatoms. The maximum atomic E-state index is 4.58. The van der Waals surface area contributed by atoms with E-state index in [1.165, 1.54) is 5.56 Å². The van der Waals surface area contributed by atoms with Crippen LogP contribution < -0.4 is 5.32 Å². The fraction of sp³-hybridized carbons (Fsp3) is 0.438. The van der Waals surface area contributed by atoms with Crippen LogP contribution in [0.5, 0.6) is 0 Å². The second-order valence-corrected chi connectivity index (χ2v) is 5.35. The Bertz CT molecular complexity index is 488.